The van der Waals surface area contributed by atoms with Crippen LogP contribution in [-0.4, -0.2) is 152 Å². The predicted molar refractivity (Wildman–Crippen MR) is 553 cm³/mol. The van der Waals surface area contributed by atoms with Crippen molar-refractivity contribution in [2.45, 2.75) is 74.7 Å². The van der Waals surface area contributed by atoms with E-state index in [9.17, 15) is 24.3 Å². The second kappa shape index (κ2) is 44.4. The standard InChI is InChI=1S/C28H21ClN4O3.C28H23N5O3.C26H25N5O3.C21H17N5O3.CH3Cl.4CH4/c2*29-26-25-27(31-18-30-26)35-15-14-32(28(25)34)21-10-11-22-20(16-21)12-13-33(22)23-8-4-5-9-24(23)36-17-19-6-2-1-3-7-19;27-24-23-25(29-16-28-24)33-14-13-30(26(23)32)18-9-10-20-17(15-18)11-12-31(20)21-7-3-4-8-22(21)34-19-5-1-2-6-19;22-19-18-20(24-12-23-19)29-10-9-25(21(18)28)14-5-6-15-13(11-14)7-8-26(15)16-3-1-2-4-17(16)27;1-2;;;;/h1-13,16,18H,14-15,17H2;1-13,16,18H,14-15,17H2,(H2,29,30,31);3-4,7-12,15-16,19H,1-2,5-6,13-14H2,(H2,27,28,29);1-8,11-12,27H,9-10H2,(H2,22,23,24);1H3;4*1H4. The number of nitrogens with two attached hydrogens (primary N) is 3. The van der Waals surface area contributed by atoms with Crippen LogP contribution < -0.4 is 70.0 Å². The molecular formula is C108H105Cl2N19O12. The zero-order valence-electron chi connectivity index (χ0n) is 73.9. The van der Waals surface area contributed by atoms with E-state index in [0.717, 1.165) is 125 Å². The summed E-state index contributed by atoms with van der Waals surface area (Å²) in [6.45, 7) is 3.68. The number of anilines is 7. The van der Waals surface area contributed by atoms with E-state index in [1.165, 1.54) is 44.5 Å². The van der Waals surface area contributed by atoms with Crippen LogP contribution in [0.5, 0.6) is 46.5 Å². The summed E-state index contributed by atoms with van der Waals surface area (Å²) in [7, 11) is 0. The van der Waals surface area contributed by atoms with Crippen LogP contribution in [0.2, 0.25) is 5.15 Å². The maximum atomic E-state index is 13.3. The van der Waals surface area contributed by atoms with Crippen LogP contribution in [0, 0.1) is 0 Å². The summed E-state index contributed by atoms with van der Waals surface area (Å²) in [5.41, 5.74) is 31.3. The summed E-state index contributed by atoms with van der Waals surface area (Å²) in [4.78, 5) is 91.7. The number of phenols is 1. The van der Waals surface area contributed by atoms with Crippen molar-refractivity contribution in [3.8, 4) is 69.3 Å². The molecule has 10 aromatic carbocycles. The zero-order chi connectivity index (χ0) is 94.0. The molecule has 5 aliphatic rings. The van der Waals surface area contributed by atoms with E-state index < -0.39 is 0 Å². The van der Waals surface area contributed by atoms with Crippen molar-refractivity contribution in [1.82, 2.24) is 58.1 Å². The second-order valence-corrected chi connectivity index (χ2v) is 32.4. The molecule has 4 amide bonds. The molecule has 12 heterocycles. The monoisotopic (exact) mass is 1930 g/mol. The molecule has 31 nitrogen and oxygen atoms in total. The molecule has 0 atom stereocenters. The molecular weight excluding hydrogens is 1830 g/mol. The zero-order valence-corrected chi connectivity index (χ0v) is 75.4. The van der Waals surface area contributed by atoms with E-state index >= 15 is 0 Å². The number of halogens is 2. The van der Waals surface area contributed by atoms with Gasteiger partial charge >= 0.3 is 0 Å². The molecule has 718 valence electrons. The average molecular weight is 1930 g/mol. The molecule has 1 fully saturated rings. The number of rotatable bonds is 16. The lowest BCUT2D eigenvalue weighted by Crippen LogP contribution is -2.32. The first-order chi connectivity index (χ1) is 67.2. The lowest BCUT2D eigenvalue weighted by atomic mass is 10.2. The number of carbonyl (C=O) groups is 4. The number of para-hydroxylation sites is 8. The summed E-state index contributed by atoms with van der Waals surface area (Å²) in [6, 6.07) is 82.9. The van der Waals surface area contributed by atoms with E-state index in [1.807, 2.05) is 260 Å². The molecule has 141 heavy (non-hydrogen) atoms. The number of fused-ring (bicyclic) bond motifs is 8. The number of carbonyl (C=O) groups excluding carboxylic acids is 4. The van der Waals surface area contributed by atoms with Gasteiger partial charge in [0, 0.05) is 75.5 Å². The van der Waals surface area contributed by atoms with Crippen LogP contribution in [0.3, 0.4) is 0 Å². The molecule has 1 saturated carbocycles. The molecule has 1 aliphatic carbocycles. The normalized spacial score (nSPS) is 13.6. The lowest BCUT2D eigenvalue weighted by Gasteiger charge is -2.21. The van der Waals surface area contributed by atoms with Gasteiger partial charge < -0.3 is 93.3 Å². The number of benzene rings is 10. The number of nitrogens with zero attached hydrogens (tertiary/aromatic N) is 16. The largest absolute Gasteiger partial charge is 0.506 e. The smallest absolute Gasteiger partial charge is 0.267 e. The lowest BCUT2D eigenvalue weighted by molar-refractivity contribution is 0.0981. The number of ether oxygens (including phenoxy) is 7. The number of alkyl halides is 1. The van der Waals surface area contributed by atoms with Crippen LogP contribution in [-0.2, 0) is 13.2 Å². The molecule has 33 heteroatoms. The van der Waals surface area contributed by atoms with Gasteiger partial charge in [0.05, 0.1) is 77.1 Å². The van der Waals surface area contributed by atoms with Crippen LogP contribution in [0.1, 0.15) is 108 Å². The molecule has 4 aliphatic heterocycles. The van der Waals surface area contributed by atoms with E-state index in [1.54, 1.807) is 31.7 Å². The van der Waals surface area contributed by atoms with Gasteiger partial charge in [-0.15, -0.1) is 11.6 Å². The number of hydrogen-bond acceptors (Lipinski definition) is 23. The van der Waals surface area contributed by atoms with Crippen molar-refractivity contribution in [1.29, 1.82) is 0 Å². The molecule has 0 saturated heterocycles. The van der Waals surface area contributed by atoms with Gasteiger partial charge in [-0.05, 0) is 182 Å². The predicted octanol–water partition coefficient (Wildman–Crippen LogP) is 20.8. The summed E-state index contributed by atoms with van der Waals surface area (Å²) >= 11 is 10.9. The first-order valence-corrected chi connectivity index (χ1v) is 45.3. The summed E-state index contributed by atoms with van der Waals surface area (Å²) in [5.74, 6) is 2.72. The van der Waals surface area contributed by atoms with Crippen LogP contribution in [0.4, 0.5) is 40.2 Å². The van der Waals surface area contributed by atoms with Crippen LogP contribution in [0.15, 0.2) is 305 Å². The van der Waals surface area contributed by atoms with Crippen molar-refractivity contribution in [3.05, 3.63) is 343 Å². The average Bonchev–Trinajstić information content (AvgIpc) is 1.65. The van der Waals surface area contributed by atoms with Gasteiger partial charge in [0.2, 0.25) is 23.5 Å². The Hall–Kier alpha value is -17.1. The minimum Gasteiger partial charge on any atom is -0.506 e. The van der Waals surface area contributed by atoms with Gasteiger partial charge in [0.1, 0.15) is 133 Å². The fourth-order valence-electron chi connectivity index (χ4n) is 17.3. The topological polar surface area (TPSA) is 367 Å². The van der Waals surface area contributed by atoms with Crippen LogP contribution in [0.25, 0.3) is 66.4 Å². The Balaban J connectivity index is 0.000000140. The summed E-state index contributed by atoms with van der Waals surface area (Å²) < 4.78 is 49.5. The van der Waals surface area contributed by atoms with Gasteiger partial charge in [0.15, 0.2) is 0 Å². The van der Waals surface area contributed by atoms with Crippen molar-refractivity contribution in [2.75, 3.05) is 95.8 Å². The van der Waals surface area contributed by atoms with E-state index in [-0.39, 0.29) is 134 Å². The minimum absolute atomic E-state index is 0. The highest BCUT2D eigenvalue weighted by molar-refractivity contribution is 6.34. The molecule has 7 N–H and O–H groups in total. The third kappa shape index (κ3) is 20.5. The quantitative estimate of drug-likeness (QED) is 0.0515. The van der Waals surface area contributed by atoms with Gasteiger partial charge in [0.25, 0.3) is 23.6 Å². The molecule has 0 radical (unpaired) electrons. The highest BCUT2D eigenvalue weighted by Crippen LogP contribution is 2.41. The van der Waals surface area contributed by atoms with Crippen molar-refractivity contribution >= 4 is 131 Å². The Kier molecular flexibility index (Phi) is 31.0. The highest BCUT2D eigenvalue weighted by Gasteiger charge is 2.35. The molecule has 18 aromatic rings. The third-order valence-corrected chi connectivity index (χ3v) is 24.2. The number of aromatic nitrogens is 12. The Morgan fingerprint density at radius 3 is 0.993 bits per heavy atom. The number of phenolic OH excluding ortho intramolecular Hbond substituents is 1. The number of hydrogen-bond donors (Lipinski definition) is 4. The first kappa shape index (κ1) is 98.5. The van der Waals surface area contributed by atoms with E-state index in [2.05, 4.69) is 77.3 Å². The maximum absolute atomic E-state index is 13.3. The van der Waals surface area contributed by atoms with Crippen molar-refractivity contribution in [2.24, 2.45) is 0 Å². The van der Waals surface area contributed by atoms with Crippen molar-refractivity contribution in [3.63, 3.8) is 0 Å². The van der Waals surface area contributed by atoms with Gasteiger partial charge in [-0.3, -0.25) is 19.2 Å². The Bertz CT molecular complexity index is 7290. The van der Waals surface area contributed by atoms with Gasteiger partial charge in [-0.1, -0.05) is 151 Å². The second-order valence-electron chi connectivity index (χ2n) is 32.1. The number of nitrogen functional groups attached to an aromatic ring is 3. The Morgan fingerprint density at radius 1 is 0.348 bits per heavy atom. The molecule has 0 spiro atoms. The molecule has 0 unspecified atom stereocenters. The van der Waals surface area contributed by atoms with Crippen molar-refractivity contribution < 1.29 is 57.4 Å². The summed E-state index contributed by atoms with van der Waals surface area (Å²) in [5, 5.41) is 14.2. The Labute approximate surface area is 824 Å². The first-order valence-electron chi connectivity index (χ1n) is 44.2. The fourth-order valence-corrected chi connectivity index (χ4v) is 17.5. The van der Waals surface area contributed by atoms with Gasteiger partial charge in [-0.25, -0.2) is 39.9 Å². The number of amides is 4. The molecule has 8 aromatic heterocycles. The Morgan fingerprint density at radius 2 is 0.638 bits per heavy atom. The van der Waals surface area contributed by atoms with E-state index in [0.29, 0.717) is 71.5 Å². The molecule has 23 rings (SSSR count). The third-order valence-electron chi connectivity index (χ3n) is 23.9. The number of aromatic hydroxyl groups is 1. The fraction of sp³-hybridized carbons (Fsp3) is 0.185. The molecule has 0 bridgehead atoms. The van der Waals surface area contributed by atoms with Crippen LogP contribution >= 0.6 is 23.2 Å². The maximum Gasteiger partial charge on any atom is 0.267 e. The minimum atomic E-state index is -0.296. The highest BCUT2D eigenvalue weighted by atomic mass is 35.5. The van der Waals surface area contributed by atoms with Gasteiger partial charge in [-0.2, -0.15) is 0 Å². The summed E-state index contributed by atoms with van der Waals surface area (Å²) in [6.07, 6.45) is 19.5. The van der Waals surface area contributed by atoms with E-state index in [4.69, 9.17) is 62.0 Å². The SMILES string of the molecule is C.C.C.C.CCl.Nc1ncnc2c1C(=O)N(c1ccc3c(ccn3-c3ccccc3O)c1)CCO2.Nc1ncnc2c1C(=O)N(c1ccc3c(ccn3-c3ccccc3OC3CCCC3)c1)CCO2.Nc1ncnc2c1C(=O)N(c1ccc3c(ccn3-c3ccccc3OCc3ccccc3)c1)CCO2.O=C1c2c(Cl)ncnc2OCCN1c1ccc2c(ccn2-c2ccccc2OCc2ccccc2)c1.